The molecule has 0 bridgehead atoms. The van der Waals surface area contributed by atoms with Gasteiger partial charge in [-0.3, -0.25) is 0 Å². The van der Waals surface area contributed by atoms with Gasteiger partial charge in [-0.05, 0) is 6.92 Å². The number of carbonyl (C=O) groups excluding carboxylic acids is 1. The predicted octanol–water partition coefficient (Wildman–Crippen LogP) is -1.61. The van der Waals surface area contributed by atoms with Gasteiger partial charge in [0, 0.05) is 0 Å². The van der Waals surface area contributed by atoms with Gasteiger partial charge in [-0.15, -0.1) is 4.65 Å². The third-order valence-electron chi connectivity index (χ3n) is 2.47. The van der Waals surface area contributed by atoms with Crippen molar-refractivity contribution in [2.75, 3.05) is 26.2 Å². The van der Waals surface area contributed by atoms with Gasteiger partial charge in [0.25, 0.3) is 0 Å². The van der Waals surface area contributed by atoms with Crippen molar-refractivity contribution in [1.29, 1.82) is 0 Å². The van der Waals surface area contributed by atoms with E-state index in [4.69, 9.17) is 9.94 Å². The molecule has 1 unspecified atom stereocenters. The standard InChI is InChI=1S/C9H14N2O5/c1-2-11(16-6-9(14)15)4-3-10-7(11)5-8(12)13/h2-6H2,1H3,(H-,12,13,14,15). The van der Waals surface area contributed by atoms with Crippen LogP contribution in [0.4, 0.5) is 0 Å². The molecule has 1 aliphatic rings. The summed E-state index contributed by atoms with van der Waals surface area (Å²) in [6, 6.07) is 0. The fraction of sp³-hybridized carbons (Fsp3) is 0.667. The van der Waals surface area contributed by atoms with Gasteiger partial charge in [-0.25, -0.2) is 9.79 Å². The van der Waals surface area contributed by atoms with Crippen molar-refractivity contribution in [2.24, 2.45) is 4.99 Å². The molecular weight excluding hydrogens is 216 g/mol. The maximum atomic E-state index is 10.5. The van der Waals surface area contributed by atoms with Crippen LogP contribution in [0.15, 0.2) is 4.99 Å². The molecule has 0 fully saturated rings. The molecule has 7 heteroatoms. The Labute approximate surface area is 92.5 Å². The highest BCUT2D eigenvalue weighted by Gasteiger charge is 2.39. The van der Waals surface area contributed by atoms with Gasteiger partial charge < -0.3 is 15.0 Å². The largest absolute Gasteiger partial charge is 0.550 e. The second-order valence-corrected chi connectivity index (χ2v) is 3.44. The van der Waals surface area contributed by atoms with Crippen molar-refractivity contribution in [3.05, 3.63) is 0 Å². The number of carboxylic acids is 2. The summed E-state index contributed by atoms with van der Waals surface area (Å²) in [5, 5.41) is 19.1. The van der Waals surface area contributed by atoms with Crippen molar-refractivity contribution in [3.8, 4) is 0 Å². The van der Waals surface area contributed by atoms with Crippen molar-refractivity contribution in [1.82, 2.24) is 0 Å². The van der Waals surface area contributed by atoms with Gasteiger partial charge in [0.1, 0.15) is 13.1 Å². The summed E-state index contributed by atoms with van der Waals surface area (Å²) >= 11 is 0. The Kier molecular flexibility index (Phi) is 3.97. The summed E-state index contributed by atoms with van der Waals surface area (Å²) in [6.07, 6.45) is -0.326. The topological polar surface area (TPSA) is 99.0 Å². The number of hydrogen-bond donors (Lipinski definition) is 1. The van der Waals surface area contributed by atoms with Crippen LogP contribution in [0.5, 0.6) is 0 Å². The molecule has 1 aliphatic heterocycles. The predicted molar refractivity (Wildman–Crippen MR) is 51.2 cm³/mol. The maximum absolute atomic E-state index is 10.5. The zero-order valence-electron chi connectivity index (χ0n) is 9.01. The van der Waals surface area contributed by atoms with Crippen LogP contribution in [0.2, 0.25) is 0 Å². The van der Waals surface area contributed by atoms with Crippen molar-refractivity contribution >= 4 is 17.8 Å². The number of carbonyl (C=O) groups is 2. The zero-order valence-corrected chi connectivity index (χ0v) is 9.01. The van der Waals surface area contributed by atoms with Crippen LogP contribution in [0, 0.1) is 0 Å². The Bertz CT molecular complexity index is 328. The summed E-state index contributed by atoms with van der Waals surface area (Å²) in [6.45, 7) is 2.67. The van der Waals surface area contributed by atoms with E-state index in [1.54, 1.807) is 6.92 Å². The van der Waals surface area contributed by atoms with Gasteiger partial charge in [0.15, 0.2) is 0 Å². The van der Waals surface area contributed by atoms with Gasteiger partial charge >= 0.3 is 5.97 Å². The van der Waals surface area contributed by atoms with Crippen LogP contribution >= 0.6 is 0 Å². The molecule has 1 rings (SSSR count). The molecule has 1 heterocycles. The van der Waals surface area contributed by atoms with Crippen LogP contribution < -0.4 is 5.11 Å². The fourth-order valence-electron chi connectivity index (χ4n) is 1.68. The van der Waals surface area contributed by atoms with Crippen molar-refractivity contribution < 1.29 is 29.3 Å². The van der Waals surface area contributed by atoms with E-state index in [-0.39, 0.29) is 11.1 Å². The van der Waals surface area contributed by atoms with Crippen LogP contribution in [0.1, 0.15) is 13.3 Å². The first-order valence-electron chi connectivity index (χ1n) is 4.97. The van der Waals surface area contributed by atoms with Gasteiger partial charge in [-0.1, -0.05) is 0 Å². The van der Waals surface area contributed by atoms with Gasteiger partial charge in [-0.2, -0.15) is 4.84 Å². The molecular formula is C9H14N2O5. The number of hydroxylamine groups is 3. The van der Waals surface area contributed by atoms with Gasteiger partial charge in [0.2, 0.25) is 12.4 Å². The fourth-order valence-corrected chi connectivity index (χ4v) is 1.68. The number of nitrogens with zero attached hydrogens (tertiary/aromatic N) is 2. The summed E-state index contributed by atoms with van der Waals surface area (Å²) in [7, 11) is 0. The van der Waals surface area contributed by atoms with E-state index in [0.717, 1.165) is 0 Å². The SMILES string of the molecule is CC[N+]1(OCC(=O)O)CCN=C1CC(=O)[O-]. The second kappa shape index (κ2) is 5.04. The highest BCUT2D eigenvalue weighted by Crippen LogP contribution is 2.18. The van der Waals surface area contributed by atoms with Crippen LogP contribution in [0.3, 0.4) is 0 Å². The summed E-state index contributed by atoms with van der Waals surface area (Å²) < 4.78 is -0.125. The molecule has 1 atom stereocenters. The first-order valence-corrected chi connectivity index (χ1v) is 4.97. The minimum atomic E-state index is -1.24. The number of carboxylic acid groups (broad SMARTS) is 2. The molecule has 0 aliphatic carbocycles. The molecule has 0 saturated carbocycles. The number of quaternary nitrogens is 1. The molecule has 0 spiro atoms. The first kappa shape index (κ1) is 12.6. The van der Waals surface area contributed by atoms with Crippen LogP contribution in [-0.4, -0.2) is 53.8 Å². The minimum absolute atomic E-state index is 0.125. The third kappa shape index (κ3) is 2.77. The average Bonchev–Trinajstić information content (AvgIpc) is 2.58. The number of hydrogen-bond acceptors (Lipinski definition) is 5. The lowest BCUT2D eigenvalue weighted by Gasteiger charge is -2.29. The number of aliphatic imine (C=N–C) groups is 1. The molecule has 0 saturated heterocycles. The lowest BCUT2D eigenvalue weighted by molar-refractivity contribution is -1.03. The first-order chi connectivity index (χ1) is 7.50. The van der Waals surface area contributed by atoms with E-state index in [2.05, 4.69) is 4.99 Å². The highest BCUT2D eigenvalue weighted by atomic mass is 16.7. The summed E-state index contributed by atoms with van der Waals surface area (Å²) in [4.78, 5) is 30.2. The molecule has 0 aromatic carbocycles. The zero-order chi connectivity index (χ0) is 12.2. The summed E-state index contributed by atoms with van der Waals surface area (Å²) in [5.41, 5.74) is 0. The Hall–Kier alpha value is -1.47. The number of amidine groups is 1. The lowest BCUT2D eigenvalue weighted by Crippen LogP contribution is -2.52. The molecule has 7 nitrogen and oxygen atoms in total. The van der Waals surface area contributed by atoms with E-state index >= 15 is 0 Å². The second-order valence-electron chi connectivity index (χ2n) is 3.44. The Morgan fingerprint density at radius 3 is 2.81 bits per heavy atom. The van der Waals surface area contributed by atoms with E-state index in [1.807, 2.05) is 0 Å². The molecule has 0 amide bonds. The smallest absolute Gasteiger partial charge is 0.336 e. The van der Waals surface area contributed by atoms with E-state index < -0.39 is 18.5 Å². The Balaban J connectivity index is 2.74. The number of rotatable bonds is 6. The van der Waals surface area contributed by atoms with Crippen LogP contribution in [-0.2, 0) is 14.4 Å². The monoisotopic (exact) mass is 230 g/mol. The molecule has 16 heavy (non-hydrogen) atoms. The molecule has 0 aromatic rings. The summed E-state index contributed by atoms with van der Waals surface area (Å²) in [5.74, 6) is -2.01. The quantitative estimate of drug-likeness (QED) is 0.553. The van der Waals surface area contributed by atoms with E-state index in [9.17, 15) is 14.7 Å². The molecule has 1 N–H and O–H groups in total. The number of aliphatic carboxylic acids is 2. The number of likely N-dealkylation sites (N-methyl/N-ethyl adjacent to an activating group) is 1. The molecule has 90 valence electrons. The van der Waals surface area contributed by atoms with E-state index in [0.29, 0.717) is 25.5 Å². The molecule has 0 radical (unpaired) electrons. The Morgan fingerprint density at radius 2 is 2.31 bits per heavy atom. The maximum Gasteiger partial charge on any atom is 0.336 e. The normalized spacial score (nSPS) is 24.2. The van der Waals surface area contributed by atoms with Gasteiger partial charge in [0.05, 0.1) is 18.9 Å². The third-order valence-corrected chi connectivity index (χ3v) is 2.47. The average molecular weight is 230 g/mol. The minimum Gasteiger partial charge on any atom is -0.550 e. The highest BCUT2D eigenvalue weighted by molar-refractivity contribution is 5.92. The van der Waals surface area contributed by atoms with Crippen LogP contribution in [0.25, 0.3) is 0 Å². The Morgan fingerprint density at radius 1 is 1.62 bits per heavy atom. The van der Waals surface area contributed by atoms with Crippen molar-refractivity contribution in [3.63, 3.8) is 0 Å². The molecule has 0 aromatic heterocycles. The lowest BCUT2D eigenvalue weighted by atomic mass is 10.3. The van der Waals surface area contributed by atoms with Crippen molar-refractivity contribution in [2.45, 2.75) is 13.3 Å². The van der Waals surface area contributed by atoms with E-state index in [1.165, 1.54) is 0 Å².